The third-order valence-electron chi connectivity index (χ3n) is 4.63. The van der Waals surface area contributed by atoms with E-state index in [1.54, 1.807) is 10.9 Å². The van der Waals surface area contributed by atoms with Crippen molar-refractivity contribution < 1.29 is 9.59 Å². The maximum Gasteiger partial charge on any atom is 0.145 e. The maximum atomic E-state index is 12.5. The number of hydrogen-bond donors (Lipinski definition) is 0. The van der Waals surface area contributed by atoms with Crippen LogP contribution in [0.2, 0.25) is 0 Å². The standard InChI is InChI=1S/C16H19N3O2/c1-11-12-10-17-14(9-13(12)19(2)18-11)16(7-8-20)6-4-3-5-15(16)21/h8-10H,3-7H2,1-2H3. The quantitative estimate of drug-likeness (QED) is 0.811. The Morgan fingerprint density at radius 2 is 2.24 bits per heavy atom. The van der Waals surface area contributed by atoms with E-state index in [-0.39, 0.29) is 12.2 Å². The van der Waals surface area contributed by atoms with Crippen LogP contribution in [0.3, 0.4) is 0 Å². The summed E-state index contributed by atoms with van der Waals surface area (Å²) in [7, 11) is 1.88. The lowest BCUT2D eigenvalue weighted by atomic mass is 9.68. The summed E-state index contributed by atoms with van der Waals surface area (Å²) in [6.07, 6.45) is 5.97. The van der Waals surface area contributed by atoms with Gasteiger partial charge in [-0.2, -0.15) is 5.10 Å². The first-order valence-electron chi connectivity index (χ1n) is 7.35. The summed E-state index contributed by atoms with van der Waals surface area (Å²) in [6, 6.07) is 1.93. The molecule has 0 amide bonds. The van der Waals surface area contributed by atoms with Crippen LogP contribution in [0.4, 0.5) is 0 Å². The first-order valence-corrected chi connectivity index (χ1v) is 7.35. The normalized spacial score (nSPS) is 22.7. The van der Waals surface area contributed by atoms with E-state index in [0.717, 1.165) is 41.4 Å². The van der Waals surface area contributed by atoms with Crippen LogP contribution >= 0.6 is 0 Å². The zero-order chi connectivity index (χ0) is 15.0. The summed E-state index contributed by atoms with van der Waals surface area (Å²) >= 11 is 0. The molecule has 0 bridgehead atoms. The molecular formula is C16H19N3O2. The Labute approximate surface area is 123 Å². The highest BCUT2D eigenvalue weighted by molar-refractivity contribution is 5.93. The molecule has 0 radical (unpaired) electrons. The SMILES string of the molecule is Cc1nn(C)c2cc(C3(CC=O)CCCCC3=O)ncc12. The number of rotatable bonds is 3. The maximum absolute atomic E-state index is 12.5. The van der Waals surface area contributed by atoms with E-state index in [4.69, 9.17) is 0 Å². The van der Waals surface area contributed by atoms with E-state index in [1.165, 1.54) is 0 Å². The number of hydrogen-bond acceptors (Lipinski definition) is 4. The molecule has 2 aromatic heterocycles. The number of carbonyl (C=O) groups is 2. The van der Waals surface area contributed by atoms with E-state index in [0.29, 0.717) is 12.8 Å². The molecule has 2 heterocycles. The minimum absolute atomic E-state index is 0.145. The van der Waals surface area contributed by atoms with Gasteiger partial charge in [0.2, 0.25) is 0 Å². The van der Waals surface area contributed by atoms with E-state index in [2.05, 4.69) is 10.1 Å². The van der Waals surface area contributed by atoms with Gasteiger partial charge < -0.3 is 4.79 Å². The zero-order valence-corrected chi connectivity index (χ0v) is 12.4. The van der Waals surface area contributed by atoms with E-state index in [1.807, 2.05) is 20.0 Å². The van der Waals surface area contributed by atoms with Gasteiger partial charge in [-0.1, -0.05) is 6.42 Å². The van der Waals surface area contributed by atoms with Gasteiger partial charge >= 0.3 is 0 Å². The fourth-order valence-electron chi connectivity index (χ4n) is 3.41. The van der Waals surface area contributed by atoms with Crippen LogP contribution in [0.5, 0.6) is 0 Å². The molecule has 3 rings (SSSR count). The number of aldehydes is 1. The molecule has 2 aromatic rings. The molecule has 1 unspecified atom stereocenters. The van der Waals surface area contributed by atoms with Crippen molar-refractivity contribution in [1.82, 2.24) is 14.8 Å². The van der Waals surface area contributed by atoms with Crippen LogP contribution in [0.1, 0.15) is 43.5 Å². The summed E-state index contributed by atoms with van der Waals surface area (Å²) < 4.78 is 1.80. The molecule has 0 saturated heterocycles. The van der Waals surface area contributed by atoms with Crippen LogP contribution < -0.4 is 0 Å². The van der Waals surface area contributed by atoms with E-state index < -0.39 is 5.41 Å². The largest absolute Gasteiger partial charge is 0.303 e. The van der Waals surface area contributed by atoms with Gasteiger partial charge in [0.1, 0.15) is 12.1 Å². The topological polar surface area (TPSA) is 64.8 Å². The highest BCUT2D eigenvalue weighted by atomic mass is 16.1. The third kappa shape index (κ3) is 2.07. The van der Waals surface area contributed by atoms with Crippen molar-refractivity contribution in [1.29, 1.82) is 0 Å². The lowest BCUT2D eigenvalue weighted by Gasteiger charge is -2.33. The zero-order valence-electron chi connectivity index (χ0n) is 12.4. The van der Waals surface area contributed by atoms with Crippen molar-refractivity contribution in [2.75, 3.05) is 0 Å². The first kappa shape index (κ1) is 13.9. The predicted molar refractivity (Wildman–Crippen MR) is 79.1 cm³/mol. The van der Waals surface area contributed by atoms with Gasteiger partial charge in [-0.15, -0.1) is 0 Å². The number of nitrogens with zero attached hydrogens (tertiary/aromatic N) is 3. The fraction of sp³-hybridized carbons (Fsp3) is 0.500. The van der Waals surface area contributed by atoms with Crippen LogP contribution in [-0.4, -0.2) is 26.8 Å². The van der Waals surface area contributed by atoms with Crippen molar-refractivity contribution >= 4 is 23.0 Å². The monoisotopic (exact) mass is 285 g/mol. The molecule has 5 heteroatoms. The number of Topliss-reactive ketones (excluding diaryl/α,β-unsaturated/α-hetero) is 1. The van der Waals surface area contributed by atoms with Crippen LogP contribution in [0.25, 0.3) is 10.9 Å². The Balaban J connectivity index is 2.17. The Hall–Kier alpha value is -2.04. The van der Waals surface area contributed by atoms with Crippen molar-refractivity contribution in [3.05, 3.63) is 23.7 Å². The van der Waals surface area contributed by atoms with Crippen molar-refractivity contribution in [2.45, 2.75) is 44.4 Å². The second kappa shape index (κ2) is 5.06. The van der Waals surface area contributed by atoms with E-state index in [9.17, 15) is 9.59 Å². The summed E-state index contributed by atoms with van der Waals surface area (Å²) in [5.74, 6) is 0.145. The fourth-order valence-corrected chi connectivity index (χ4v) is 3.41. The van der Waals surface area contributed by atoms with Gasteiger partial charge in [0.25, 0.3) is 0 Å². The van der Waals surface area contributed by atoms with Crippen LogP contribution in [0.15, 0.2) is 12.3 Å². The smallest absolute Gasteiger partial charge is 0.145 e. The number of carbonyl (C=O) groups excluding carboxylic acids is 2. The lowest BCUT2D eigenvalue weighted by Crippen LogP contribution is -2.39. The average molecular weight is 285 g/mol. The van der Waals surface area contributed by atoms with Gasteiger partial charge in [0.05, 0.1) is 22.3 Å². The molecule has 1 atom stereocenters. The molecule has 1 fully saturated rings. The number of ketones is 1. The molecule has 21 heavy (non-hydrogen) atoms. The minimum Gasteiger partial charge on any atom is -0.303 e. The van der Waals surface area contributed by atoms with Crippen LogP contribution in [0, 0.1) is 6.92 Å². The minimum atomic E-state index is -0.730. The third-order valence-corrected chi connectivity index (χ3v) is 4.63. The van der Waals surface area contributed by atoms with Gasteiger partial charge in [-0.3, -0.25) is 14.5 Å². The van der Waals surface area contributed by atoms with E-state index >= 15 is 0 Å². The Morgan fingerprint density at radius 3 is 2.95 bits per heavy atom. The molecule has 110 valence electrons. The molecule has 0 N–H and O–H groups in total. The highest BCUT2D eigenvalue weighted by Gasteiger charge is 2.42. The molecule has 1 aliphatic rings. The van der Waals surface area contributed by atoms with Crippen molar-refractivity contribution in [2.24, 2.45) is 7.05 Å². The molecular weight excluding hydrogens is 266 g/mol. The van der Waals surface area contributed by atoms with Gasteiger partial charge in [-0.05, 0) is 25.8 Å². The molecule has 5 nitrogen and oxygen atoms in total. The number of aryl methyl sites for hydroxylation is 2. The summed E-state index contributed by atoms with van der Waals surface area (Å²) in [5.41, 5.74) is 1.87. The van der Waals surface area contributed by atoms with Crippen molar-refractivity contribution in [3.63, 3.8) is 0 Å². The molecule has 0 aromatic carbocycles. The van der Waals surface area contributed by atoms with Crippen molar-refractivity contribution in [3.8, 4) is 0 Å². The molecule has 1 aliphatic carbocycles. The Kier molecular flexibility index (Phi) is 3.35. The summed E-state index contributed by atoms with van der Waals surface area (Å²) in [4.78, 5) is 28.2. The molecule has 0 aliphatic heterocycles. The average Bonchev–Trinajstić information content (AvgIpc) is 2.76. The highest BCUT2D eigenvalue weighted by Crippen LogP contribution is 2.39. The molecule has 0 spiro atoms. The Bertz CT molecular complexity index is 720. The number of pyridine rings is 1. The summed E-state index contributed by atoms with van der Waals surface area (Å²) in [6.45, 7) is 1.94. The van der Waals surface area contributed by atoms with Gasteiger partial charge in [0, 0.05) is 31.5 Å². The summed E-state index contributed by atoms with van der Waals surface area (Å²) in [5, 5.41) is 5.38. The first-order chi connectivity index (χ1) is 10.1. The van der Waals surface area contributed by atoms with Gasteiger partial charge in [0.15, 0.2) is 0 Å². The number of fused-ring (bicyclic) bond motifs is 1. The second-order valence-corrected chi connectivity index (χ2v) is 5.88. The molecule has 1 saturated carbocycles. The Morgan fingerprint density at radius 1 is 1.43 bits per heavy atom. The lowest BCUT2D eigenvalue weighted by molar-refractivity contribution is -0.129. The predicted octanol–water partition coefficient (Wildman–Crippen LogP) is 2.25. The van der Waals surface area contributed by atoms with Crippen LogP contribution in [-0.2, 0) is 22.1 Å². The second-order valence-electron chi connectivity index (χ2n) is 5.88. The van der Waals surface area contributed by atoms with Gasteiger partial charge in [-0.25, -0.2) is 0 Å². The number of aromatic nitrogens is 3.